The summed E-state index contributed by atoms with van der Waals surface area (Å²) in [5.41, 5.74) is 5.59. The van der Waals surface area contributed by atoms with Gasteiger partial charge in [-0.2, -0.15) is 5.10 Å². The van der Waals surface area contributed by atoms with Crippen molar-refractivity contribution in [3.05, 3.63) is 72.3 Å². The van der Waals surface area contributed by atoms with Gasteiger partial charge in [0.05, 0.1) is 5.69 Å². The van der Waals surface area contributed by atoms with E-state index in [4.69, 9.17) is 0 Å². The fourth-order valence-corrected chi connectivity index (χ4v) is 3.12. The summed E-state index contributed by atoms with van der Waals surface area (Å²) >= 11 is 0. The van der Waals surface area contributed by atoms with Gasteiger partial charge in [0, 0.05) is 35.5 Å². The van der Waals surface area contributed by atoms with Crippen LogP contribution in [0.3, 0.4) is 0 Å². The zero-order valence-corrected chi connectivity index (χ0v) is 15.5. The number of nitrogens with one attached hydrogen (secondary N) is 1. The van der Waals surface area contributed by atoms with E-state index in [9.17, 15) is 4.79 Å². The molecule has 0 spiro atoms. The molecule has 0 radical (unpaired) electrons. The van der Waals surface area contributed by atoms with Gasteiger partial charge in [-0.25, -0.2) is 4.98 Å². The number of carbonyl (C=O) groups excluding carboxylic acids is 1. The van der Waals surface area contributed by atoms with E-state index < -0.39 is 0 Å². The van der Waals surface area contributed by atoms with Crippen LogP contribution in [-0.2, 0) is 4.79 Å². The normalized spacial score (nSPS) is 12.3. The number of imidazole rings is 1. The number of nitrogens with zero attached hydrogens (tertiary/aromatic N) is 4. The van der Waals surface area contributed by atoms with E-state index in [1.54, 1.807) is 10.9 Å². The average Bonchev–Trinajstić information content (AvgIpc) is 3.27. The molecule has 0 saturated heterocycles. The molecule has 0 aliphatic carbocycles. The van der Waals surface area contributed by atoms with Crippen molar-refractivity contribution in [3.63, 3.8) is 0 Å². The van der Waals surface area contributed by atoms with Gasteiger partial charge < -0.3 is 9.72 Å². The second-order valence-corrected chi connectivity index (χ2v) is 6.76. The van der Waals surface area contributed by atoms with Crippen LogP contribution in [0.1, 0.15) is 24.2 Å². The summed E-state index contributed by atoms with van der Waals surface area (Å²) in [6.45, 7) is 5.82. The number of aryl methyl sites for hydroxylation is 2. The maximum Gasteiger partial charge on any atom is 0.248 e. The molecule has 6 heteroatoms. The maximum atomic E-state index is 12.6. The minimum Gasteiger partial charge on any atom is -0.324 e. The van der Waals surface area contributed by atoms with E-state index in [-0.39, 0.29) is 11.9 Å². The highest BCUT2D eigenvalue weighted by atomic mass is 16.2. The number of hydrogen-bond acceptors (Lipinski definition) is 3. The Morgan fingerprint density at radius 3 is 2.78 bits per heavy atom. The lowest BCUT2D eigenvalue weighted by molar-refractivity contribution is -0.119. The van der Waals surface area contributed by atoms with Crippen LogP contribution in [0.15, 0.2) is 61.1 Å². The molecule has 1 atom stereocenters. The number of carbonyl (C=O) groups is 1. The van der Waals surface area contributed by atoms with Crippen molar-refractivity contribution in [2.24, 2.45) is 0 Å². The summed E-state index contributed by atoms with van der Waals surface area (Å²) in [4.78, 5) is 17.3. The number of pyridine rings is 1. The molecule has 0 aliphatic heterocycles. The molecule has 3 aromatic heterocycles. The van der Waals surface area contributed by atoms with E-state index in [0.717, 1.165) is 28.3 Å². The number of fused-ring (bicyclic) bond motifs is 1. The number of amides is 1. The largest absolute Gasteiger partial charge is 0.324 e. The van der Waals surface area contributed by atoms with Crippen LogP contribution in [0.2, 0.25) is 0 Å². The maximum absolute atomic E-state index is 12.6. The standard InChI is InChI=1S/C21H21N5O/c1-14-8-10-25-13-19(24-20(25)11-14)17-5-4-6-18(12-17)23-21(27)16(3)26-15(2)7-9-22-26/h4-13,16H,1-3H3,(H,23,27)/t16-/m1/s1. The Kier molecular flexibility index (Phi) is 4.24. The number of hydrogen-bond donors (Lipinski definition) is 1. The average molecular weight is 359 g/mol. The summed E-state index contributed by atoms with van der Waals surface area (Å²) in [6.07, 6.45) is 5.69. The minimum atomic E-state index is -0.387. The number of rotatable bonds is 4. The molecule has 0 bridgehead atoms. The topological polar surface area (TPSA) is 64.2 Å². The predicted molar refractivity (Wildman–Crippen MR) is 106 cm³/mol. The monoisotopic (exact) mass is 359 g/mol. The van der Waals surface area contributed by atoms with Gasteiger partial charge >= 0.3 is 0 Å². The van der Waals surface area contributed by atoms with E-state index in [1.807, 2.05) is 80.0 Å². The first-order valence-electron chi connectivity index (χ1n) is 8.88. The second-order valence-electron chi connectivity index (χ2n) is 6.76. The molecule has 0 fully saturated rings. The van der Waals surface area contributed by atoms with Crippen molar-refractivity contribution in [3.8, 4) is 11.3 Å². The lowest BCUT2D eigenvalue weighted by Gasteiger charge is -2.14. The van der Waals surface area contributed by atoms with E-state index in [1.165, 1.54) is 5.56 Å². The third kappa shape index (κ3) is 3.33. The summed E-state index contributed by atoms with van der Waals surface area (Å²) < 4.78 is 3.71. The molecular formula is C21H21N5O. The molecule has 6 nitrogen and oxygen atoms in total. The van der Waals surface area contributed by atoms with Crippen molar-refractivity contribution in [2.75, 3.05) is 5.32 Å². The van der Waals surface area contributed by atoms with Gasteiger partial charge in [0.15, 0.2) is 0 Å². The van der Waals surface area contributed by atoms with Crippen molar-refractivity contribution < 1.29 is 4.79 Å². The quantitative estimate of drug-likeness (QED) is 0.599. The lowest BCUT2D eigenvalue weighted by atomic mass is 10.1. The van der Waals surface area contributed by atoms with Crippen LogP contribution in [-0.4, -0.2) is 25.1 Å². The fraction of sp³-hybridized carbons (Fsp3) is 0.190. The molecule has 1 N–H and O–H groups in total. The molecule has 27 heavy (non-hydrogen) atoms. The molecule has 1 amide bonds. The van der Waals surface area contributed by atoms with Gasteiger partial charge in [0.25, 0.3) is 0 Å². The summed E-state index contributed by atoms with van der Waals surface area (Å²) in [5.74, 6) is -0.107. The van der Waals surface area contributed by atoms with Crippen LogP contribution in [0.4, 0.5) is 5.69 Å². The number of benzene rings is 1. The summed E-state index contributed by atoms with van der Waals surface area (Å²) in [5, 5.41) is 7.19. The summed E-state index contributed by atoms with van der Waals surface area (Å²) in [7, 11) is 0. The lowest BCUT2D eigenvalue weighted by Crippen LogP contribution is -2.25. The van der Waals surface area contributed by atoms with Crippen molar-refractivity contribution in [1.82, 2.24) is 19.2 Å². The van der Waals surface area contributed by atoms with Crippen LogP contribution < -0.4 is 5.32 Å². The number of aromatic nitrogens is 4. The molecular weight excluding hydrogens is 338 g/mol. The zero-order chi connectivity index (χ0) is 19.0. The first-order valence-corrected chi connectivity index (χ1v) is 8.88. The molecule has 0 aliphatic rings. The van der Waals surface area contributed by atoms with Crippen molar-refractivity contribution in [2.45, 2.75) is 26.8 Å². The molecule has 1 aromatic carbocycles. The Bertz CT molecular complexity index is 1120. The zero-order valence-electron chi connectivity index (χ0n) is 15.5. The fourth-order valence-electron chi connectivity index (χ4n) is 3.12. The molecule has 0 saturated carbocycles. The summed E-state index contributed by atoms with van der Waals surface area (Å²) in [6, 6.07) is 13.3. The Morgan fingerprint density at radius 2 is 2.00 bits per heavy atom. The molecule has 0 unspecified atom stereocenters. The third-order valence-electron chi connectivity index (χ3n) is 4.66. The predicted octanol–water partition coefficient (Wildman–Crippen LogP) is 4.01. The third-order valence-corrected chi connectivity index (χ3v) is 4.66. The van der Waals surface area contributed by atoms with Crippen molar-refractivity contribution in [1.29, 1.82) is 0 Å². The highest BCUT2D eigenvalue weighted by molar-refractivity contribution is 5.94. The van der Waals surface area contributed by atoms with Gasteiger partial charge in [0.2, 0.25) is 5.91 Å². The van der Waals surface area contributed by atoms with E-state index >= 15 is 0 Å². The molecule has 4 aromatic rings. The van der Waals surface area contributed by atoms with E-state index in [0.29, 0.717) is 0 Å². The van der Waals surface area contributed by atoms with Gasteiger partial charge in [-0.15, -0.1) is 0 Å². The van der Waals surface area contributed by atoms with Gasteiger partial charge in [-0.05, 0) is 56.7 Å². The Labute approximate surface area is 157 Å². The smallest absolute Gasteiger partial charge is 0.248 e. The van der Waals surface area contributed by atoms with E-state index in [2.05, 4.69) is 15.4 Å². The first kappa shape index (κ1) is 17.0. The van der Waals surface area contributed by atoms with Crippen molar-refractivity contribution >= 4 is 17.2 Å². The molecule has 4 rings (SSSR count). The van der Waals surface area contributed by atoms with Crippen LogP contribution in [0, 0.1) is 13.8 Å². The SMILES string of the molecule is Cc1ccn2cc(-c3cccc(NC(=O)[C@@H](C)n4nccc4C)c3)nc2c1. The minimum absolute atomic E-state index is 0.107. The highest BCUT2D eigenvalue weighted by Crippen LogP contribution is 2.23. The van der Waals surface area contributed by atoms with Gasteiger partial charge in [-0.1, -0.05) is 12.1 Å². The molecule has 136 valence electrons. The Morgan fingerprint density at radius 1 is 1.15 bits per heavy atom. The second kappa shape index (κ2) is 6.72. The van der Waals surface area contributed by atoms with Crippen LogP contribution in [0.25, 0.3) is 16.9 Å². The van der Waals surface area contributed by atoms with Gasteiger partial charge in [0.1, 0.15) is 11.7 Å². The first-order chi connectivity index (χ1) is 13.0. The number of anilines is 1. The van der Waals surface area contributed by atoms with Crippen LogP contribution in [0.5, 0.6) is 0 Å². The Hall–Kier alpha value is -3.41. The highest BCUT2D eigenvalue weighted by Gasteiger charge is 2.17. The van der Waals surface area contributed by atoms with Crippen LogP contribution >= 0.6 is 0 Å². The Balaban J connectivity index is 1.58. The van der Waals surface area contributed by atoms with Gasteiger partial charge in [-0.3, -0.25) is 9.48 Å². The molecule has 3 heterocycles.